The number of rotatable bonds is 9. The molecule has 7 heteroatoms. The molecule has 1 heterocycles. The Morgan fingerprint density at radius 2 is 1.56 bits per heavy atom. The average Bonchev–Trinajstić information content (AvgIpc) is 2.94. The minimum atomic E-state index is -0.0807. The largest absolute Gasteiger partial charge is 0.497 e. The normalized spacial score (nSPS) is 10.7. The van der Waals surface area contributed by atoms with Crippen molar-refractivity contribution < 1.29 is 23.7 Å². The van der Waals surface area contributed by atoms with E-state index in [-0.39, 0.29) is 5.91 Å². The Bertz CT molecular complexity index is 1390. The maximum atomic E-state index is 13.6. The summed E-state index contributed by atoms with van der Waals surface area (Å²) in [4.78, 5) is 20.2. The Labute approximate surface area is 211 Å². The maximum absolute atomic E-state index is 13.6. The van der Waals surface area contributed by atoms with Crippen molar-refractivity contribution >= 4 is 16.8 Å². The zero-order valence-electron chi connectivity index (χ0n) is 21.2. The summed E-state index contributed by atoms with van der Waals surface area (Å²) in [5.41, 5.74) is 3.82. The minimum Gasteiger partial charge on any atom is -0.497 e. The molecule has 3 aromatic carbocycles. The number of ether oxygens (including phenoxy) is 4. The average molecular weight is 487 g/mol. The fourth-order valence-corrected chi connectivity index (χ4v) is 4.14. The van der Waals surface area contributed by atoms with Gasteiger partial charge in [-0.2, -0.15) is 0 Å². The zero-order valence-corrected chi connectivity index (χ0v) is 21.2. The third kappa shape index (κ3) is 5.05. The molecule has 0 aliphatic carbocycles. The van der Waals surface area contributed by atoms with Crippen molar-refractivity contribution in [2.45, 2.75) is 6.42 Å². The van der Waals surface area contributed by atoms with E-state index in [4.69, 9.17) is 23.9 Å². The highest BCUT2D eigenvalue weighted by Crippen LogP contribution is 2.34. The molecule has 0 saturated carbocycles. The fourth-order valence-electron chi connectivity index (χ4n) is 4.14. The van der Waals surface area contributed by atoms with Gasteiger partial charge in [0, 0.05) is 30.6 Å². The first-order chi connectivity index (χ1) is 17.5. The molecule has 0 fully saturated rings. The van der Waals surface area contributed by atoms with Gasteiger partial charge < -0.3 is 23.8 Å². The first-order valence-electron chi connectivity index (χ1n) is 11.6. The summed E-state index contributed by atoms with van der Waals surface area (Å²) in [5.74, 6) is 2.57. The summed E-state index contributed by atoms with van der Waals surface area (Å²) in [6, 6.07) is 20.9. The van der Waals surface area contributed by atoms with Gasteiger partial charge in [-0.3, -0.25) is 4.79 Å². The number of amides is 1. The molecular formula is C29H30N2O5. The van der Waals surface area contributed by atoms with Crippen LogP contribution in [0.15, 0.2) is 66.7 Å². The Morgan fingerprint density at radius 1 is 0.806 bits per heavy atom. The number of nitrogens with zero attached hydrogens (tertiary/aromatic N) is 2. The van der Waals surface area contributed by atoms with Crippen LogP contribution < -0.4 is 18.9 Å². The van der Waals surface area contributed by atoms with Crippen molar-refractivity contribution in [3.63, 3.8) is 0 Å². The summed E-state index contributed by atoms with van der Waals surface area (Å²) in [5, 5.41) is 0.802. The van der Waals surface area contributed by atoms with Gasteiger partial charge in [-0.1, -0.05) is 24.3 Å². The van der Waals surface area contributed by atoms with E-state index >= 15 is 0 Å². The molecule has 0 radical (unpaired) electrons. The van der Waals surface area contributed by atoms with Crippen molar-refractivity contribution in [3.05, 3.63) is 77.9 Å². The first-order valence-corrected chi connectivity index (χ1v) is 11.6. The summed E-state index contributed by atoms with van der Waals surface area (Å²) >= 11 is 0. The topological polar surface area (TPSA) is 70.1 Å². The number of pyridine rings is 1. The molecule has 36 heavy (non-hydrogen) atoms. The number of hydrogen-bond donors (Lipinski definition) is 0. The second kappa shape index (κ2) is 11.0. The summed E-state index contributed by atoms with van der Waals surface area (Å²) in [7, 11) is 8.25. The molecule has 0 saturated heterocycles. The standard InChI is InChI=1S/C29H30N2O5/c1-31(15-14-19-10-13-26(34-3)28(16-19)36-5)29(32)23-18-25(30-24-9-7-6-8-21(23)24)22-12-11-20(33-2)17-27(22)35-4/h6-13,16-18H,14-15H2,1-5H3. The van der Waals surface area contributed by atoms with Crippen LogP contribution in [0.2, 0.25) is 0 Å². The van der Waals surface area contributed by atoms with Crippen molar-refractivity contribution in [2.24, 2.45) is 0 Å². The van der Waals surface area contributed by atoms with E-state index in [2.05, 4.69) is 0 Å². The molecule has 0 spiro atoms. The SMILES string of the molecule is COc1ccc(-c2cc(C(=O)N(C)CCc3ccc(OC)c(OC)c3)c3ccccc3n2)c(OC)c1. The number of benzene rings is 3. The van der Waals surface area contributed by atoms with E-state index in [9.17, 15) is 4.79 Å². The number of aromatic nitrogens is 1. The van der Waals surface area contributed by atoms with Gasteiger partial charge in [-0.05, 0) is 48.4 Å². The van der Waals surface area contributed by atoms with Crippen LogP contribution in [0, 0.1) is 0 Å². The predicted octanol–water partition coefficient (Wildman–Crippen LogP) is 5.25. The second-order valence-electron chi connectivity index (χ2n) is 8.30. The van der Waals surface area contributed by atoms with E-state index in [0.717, 1.165) is 22.0 Å². The number of hydrogen-bond acceptors (Lipinski definition) is 6. The zero-order chi connectivity index (χ0) is 25.7. The van der Waals surface area contributed by atoms with Gasteiger partial charge in [0.2, 0.25) is 0 Å². The number of methoxy groups -OCH3 is 4. The summed E-state index contributed by atoms with van der Waals surface area (Å²) in [6.45, 7) is 0.534. The first kappa shape index (κ1) is 24.9. The van der Waals surface area contributed by atoms with Gasteiger partial charge in [0.05, 0.1) is 45.2 Å². The van der Waals surface area contributed by atoms with E-state index < -0.39 is 0 Å². The molecule has 0 N–H and O–H groups in total. The van der Waals surface area contributed by atoms with Crippen molar-refractivity contribution in [3.8, 4) is 34.3 Å². The van der Waals surface area contributed by atoms with Crippen LogP contribution in [0.1, 0.15) is 15.9 Å². The van der Waals surface area contributed by atoms with Gasteiger partial charge >= 0.3 is 0 Å². The monoisotopic (exact) mass is 486 g/mol. The van der Waals surface area contributed by atoms with Gasteiger partial charge in [-0.15, -0.1) is 0 Å². The van der Waals surface area contributed by atoms with Crippen LogP contribution in [-0.2, 0) is 6.42 Å². The van der Waals surface area contributed by atoms with E-state index in [1.165, 1.54) is 0 Å². The number of para-hydroxylation sites is 1. The molecule has 0 aliphatic heterocycles. The number of likely N-dealkylation sites (N-methyl/N-ethyl adjacent to an activating group) is 1. The van der Waals surface area contributed by atoms with Crippen molar-refractivity contribution in [1.29, 1.82) is 0 Å². The Kier molecular flexibility index (Phi) is 7.59. The van der Waals surface area contributed by atoms with Crippen LogP contribution >= 0.6 is 0 Å². The van der Waals surface area contributed by atoms with E-state index in [1.54, 1.807) is 33.3 Å². The molecule has 0 bridgehead atoms. The highest BCUT2D eigenvalue weighted by Gasteiger charge is 2.19. The fraction of sp³-hybridized carbons (Fsp3) is 0.241. The smallest absolute Gasteiger partial charge is 0.254 e. The van der Waals surface area contributed by atoms with E-state index in [1.807, 2.05) is 73.8 Å². The molecule has 4 aromatic rings. The molecular weight excluding hydrogens is 456 g/mol. The number of fused-ring (bicyclic) bond motifs is 1. The number of carbonyl (C=O) groups excluding carboxylic acids is 1. The minimum absolute atomic E-state index is 0.0807. The van der Waals surface area contributed by atoms with E-state index in [0.29, 0.717) is 47.2 Å². The molecule has 0 atom stereocenters. The Morgan fingerprint density at radius 3 is 2.28 bits per heavy atom. The molecule has 186 valence electrons. The molecule has 7 nitrogen and oxygen atoms in total. The summed E-state index contributed by atoms with van der Waals surface area (Å²) < 4.78 is 21.6. The highest BCUT2D eigenvalue weighted by atomic mass is 16.5. The molecule has 0 unspecified atom stereocenters. The van der Waals surface area contributed by atoms with Crippen LogP contribution in [0.5, 0.6) is 23.0 Å². The molecule has 0 aliphatic rings. The van der Waals surface area contributed by atoms with Crippen LogP contribution in [-0.4, -0.2) is 57.8 Å². The van der Waals surface area contributed by atoms with Gasteiger partial charge in [0.15, 0.2) is 11.5 Å². The molecule has 1 aromatic heterocycles. The molecule has 4 rings (SSSR count). The van der Waals surface area contributed by atoms with Crippen LogP contribution in [0.25, 0.3) is 22.2 Å². The maximum Gasteiger partial charge on any atom is 0.254 e. The van der Waals surface area contributed by atoms with Gasteiger partial charge in [0.25, 0.3) is 5.91 Å². The predicted molar refractivity (Wildman–Crippen MR) is 140 cm³/mol. The lowest BCUT2D eigenvalue weighted by atomic mass is 10.0. The van der Waals surface area contributed by atoms with Crippen molar-refractivity contribution in [1.82, 2.24) is 9.88 Å². The lowest BCUT2D eigenvalue weighted by molar-refractivity contribution is 0.0798. The lowest BCUT2D eigenvalue weighted by Crippen LogP contribution is -2.29. The third-order valence-corrected chi connectivity index (χ3v) is 6.16. The Hall–Kier alpha value is -4.26. The van der Waals surface area contributed by atoms with Crippen molar-refractivity contribution in [2.75, 3.05) is 42.0 Å². The van der Waals surface area contributed by atoms with Crippen LogP contribution in [0.3, 0.4) is 0 Å². The second-order valence-corrected chi connectivity index (χ2v) is 8.30. The third-order valence-electron chi connectivity index (χ3n) is 6.16. The Balaban J connectivity index is 1.65. The number of carbonyl (C=O) groups is 1. The van der Waals surface area contributed by atoms with Gasteiger partial charge in [-0.25, -0.2) is 4.98 Å². The molecule has 1 amide bonds. The van der Waals surface area contributed by atoms with Crippen LogP contribution in [0.4, 0.5) is 0 Å². The highest BCUT2D eigenvalue weighted by molar-refractivity contribution is 6.07. The van der Waals surface area contributed by atoms with Gasteiger partial charge in [0.1, 0.15) is 11.5 Å². The quantitative estimate of drug-likeness (QED) is 0.322. The lowest BCUT2D eigenvalue weighted by Gasteiger charge is -2.20. The summed E-state index contributed by atoms with van der Waals surface area (Å²) in [6.07, 6.45) is 0.671.